The number of hydrogen-bond acceptors (Lipinski definition) is 8. The Morgan fingerprint density at radius 3 is 2.83 bits per heavy atom. The van der Waals surface area contributed by atoms with Gasteiger partial charge in [-0.2, -0.15) is 0 Å². The van der Waals surface area contributed by atoms with Crippen LogP contribution in [0.15, 0.2) is 24.4 Å². The van der Waals surface area contributed by atoms with Crippen LogP contribution < -0.4 is 10.6 Å². The lowest BCUT2D eigenvalue weighted by atomic mass is 9.92. The molecule has 3 saturated heterocycles. The van der Waals surface area contributed by atoms with Crippen molar-refractivity contribution in [2.45, 2.75) is 37.9 Å². The van der Waals surface area contributed by atoms with Gasteiger partial charge in [-0.05, 0) is 36.6 Å². The number of hydrogen-bond donors (Lipinski definition) is 2. The van der Waals surface area contributed by atoms with Crippen molar-refractivity contribution in [1.29, 1.82) is 0 Å². The average Bonchev–Trinajstić information content (AvgIpc) is 3.48. The molecule has 0 spiro atoms. The highest BCUT2D eigenvalue weighted by Crippen LogP contribution is 2.29. The van der Waals surface area contributed by atoms with E-state index in [0.29, 0.717) is 37.2 Å². The number of benzene rings is 1. The third kappa shape index (κ3) is 3.76. The Labute approximate surface area is 204 Å². The summed E-state index contributed by atoms with van der Waals surface area (Å²) in [5, 5.41) is 13.3. The Morgan fingerprint density at radius 2 is 2.00 bits per heavy atom. The molecule has 13 heteroatoms. The van der Waals surface area contributed by atoms with Gasteiger partial charge in [-0.25, -0.2) is 9.48 Å². The molecule has 0 saturated carbocycles. The van der Waals surface area contributed by atoms with Gasteiger partial charge in [0.15, 0.2) is 5.69 Å². The van der Waals surface area contributed by atoms with Crippen LogP contribution in [0.1, 0.15) is 45.7 Å². The maximum atomic E-state index is 13.1. The number of alkyl carbamates (subject to hydrolysis) is 1. The van der Waals surface area contributed by atoms with Crippen molar-refractivity contribution < 1.29 is 28.7 Å². The van der Waals surface area contributed by atoms with Crippen molar-refractivity contribution in [2.75, 3.05) is 19.7 Å². The fourth-order valence-electron chi connectivity index (χ4n) is 5.30. The Bertz CT molecular complexity index is 1310. The van der Waals surface area contributed by atoms with Crippen LogP contribution in [0.25, 0.3) is 5.69 Å². The molecule has 1 unspecified atom stereocenters. The van der Waals surface area contributed by atoms with Crippen LogP contribution >= 0.6 is 0 Å². The number of carbonyl (C=O) groups excluding carboxylic acids is 5. The fraction of sp³-hybridized carbons (Fsp3) is 0.435. The van der Waals surface area contributed by atoms with Crippen LogP contribution in [0.5, 0.6) is 0 Å². The first-order chi connectivity index (χ1) is 17.4. The fourth-order valence-corrected chi connectivity index (χ4v) is 5.30. The summed E-state index contributed by atoms with van der Waals surface area (Å²) in [4.78, 5) is 64.3. The second-order valence-corrected chi connectivity index (χ2v) is 9.44. The summed E-state index contributed by atoms with van der Waals surface area (Å²) in [6, 6.07) is 4.48. The zero-order valence-electron chi connectivity index (χ0n) is 19.2. The van der Waals surface area contributed by atoms with E-state index in [0.717, 1.165) is 5.56 Å². The monoisotopic (exact) mass is 493 g/mol. The summed E-state index contributed by atoms with van der Waals surface area (Å²) >= 11 is 0. The maximum absolute atomic E-state index is 13.1. The van der Waals surface area contributed by atoms with Crippen molar-refractivity contribution in [3.05, 3.63) is 41.2 Å². The molecular weight excluding hydrogens is 470 g/mol. The molecule has 0 radical (unpaired) electrons. The van der Waals surface area contributed by atoms with Gasteiger partial charge in [0, 0.05) is 43.6 Å². The van der Waals surface area contributed by atoms with Crippen molar-refractivity contribution in [1.82, 2.24) is 35.4 Å². The molecule has 3 fully saturated rings. The zero-order chi connectivity index (χ0) is 25.0. The second kappa shape index (κ2) is 8.43. The lowest BCUT2D eigenvalue weighted by Gasteiger charge is -2.40. The molecule has 0 bridgehead atoms. The van der Waals surface area contributed by atoms with Crippen LogP contribution in [-0.2, 0) is 20.9 Å². The molecule has 13 nitrogen and oxygen atoms in total. The Morgan fingerprint density at radius 1 is 1.14 bits per heavy atom. The van der Waals surface area contributed by atoms with E-state index < -0.39 is 18.0 Å². The van der Waals surface area contributed by atoms with Crippen LogP contribution in [0, 0.1) is 5.92 Å². The molecule has 6 rings (SSSR count). The van der Waals surface area contributed by atoms with E-state index in [2.05, 4.69) is 20.9 Å². The van der Waals surface area contributed by atoms with Crippen molar-refractivity contribution >= 4 is 29.7 Å². The number of imide groups is 1. The molecule has 5 amide bonds. The highest BCUT2D eigenvalue weighted by Gasteiger charge is 2.40. The number of likely N-dealkylation sites (tertiary alicyclic amines) is 1. The standard InChI is InChI=1S/C23H23N7O6/c31-19-4-3-18(20(32)25-19)29-9-12-7-14(1-2-15(12)21(29)33)30-10-17(26-27-30)22(34)28-6-5-16-13(8-28)11-36-23(35)24-16/h1-2,7,10,13,16,18H,3-6,8-9,11H2,(H,24,35)(H,25,31,32)/t13-,16+,18?/m1/s1. The summed E-state index contributed by atoms with van der Waals surface area (Å²) in [6.45, 7) is 1.46. The Balaban J connectivity index is 1.16. The molecule has 1 aromatic heterocycles. The van der Waals surface area contributed by atoms with E-state index in [4.69, 9.17) is 4.74 Å². The first kappa shape index (κ1) is 22.2. The molecule has 36 heavy (non-hydrogen) atoms. The smallest absolute Gasteiger partial charge is 0.407 e. The number of rotatable bonds is 3. The number of cyclic esters (lactones) is 1. The third-order valence-electron chi connectivity index (χ3n) is 7.24. The number of carbonyl (C=O) groups is 5. The minimum Gasteiger partial charge on any atom is -0.449 e. The molecule has 4 aliphatic heterocycles. The van der Waals surface area contributed by atoms with E-state index in [9.17, 15) is 24.0 Å². The van der Waals surface area contributed by atoms with Gasteiger partial charge in [0.05, 0.1) is 18.5 Å². The van der Waals surface area contributed by atoms with Gasteiger partial charge in [-0.15, -0.1) is 5.10 Å². The van der Waals surface area contributed by atoms with Crippen LogP contribution in [0.4, 0.5) is 4.79 Å². The minimum absolute atomic E-state index is 0.000143. The number of ether oxygens (including phenoxy) is 1. The molecular formula is C23H23N7O6. The average molecular weight is 493 g/mol. The van der Waals surface area contributed by atoms with Crippen LogP contribution in [0.2, 0.25) is 0 Å². The normalized spacial score (nSPS) is 25.6. The molecule has 3 atom stereocenters. The lowest BCUT2D eigenvalue weighted by molar-refractivity contribution is -0.136. The predicted molar refractivity (Wildman–Crippen MR) is 120 cm³/mol. The molecule has 5 heterocycles. The van der Waals surface area contributed by atoms with Gasteiger partial charge in [0.1, 0.15) is 6.04 Å². The van der Waals surface area contributed by atoms with Gasteiger partial charge in [0.25, 0.3) is 11.8 Å². The topological polar surface area (TPSA) is 156 Å². The molecule has 186 valence electrons. The number of piperidine rings is 2. The first-order valence-corrected chi connectivity index (χ1v) is 11.8. The van der Waals surface area contributed by atoms with E-state index in [1.54, 1.807) is 29.3 Å². The number of nitrogens with one attached hydrogen (secondary N) is 2. The molecule has 4 aliphatic rings. The van der Waals surface area contributed by atoms with E-state index in [1.807, 2.05) is 0 Å². The second-order valence-electron chi connectivity index (χ2n) is 9.44. The predicted octanol–water partition coefficient (Wildman–Crippen LogP) is -0.401. The van der Waals surface area contributed by atoms with E-state index >= 15 is 0 Å². The van der Waals surface area contributed by atoms with Crippen LogP contribution in [0.3, 0.4) is 0 Å². The summed E-state index contributed by atoms with van der Waals surface area (Å²) < 4.78 is 6.53. The van der Waals surface area contributed by atoms with Crippen molar-refractivity contribution in [2.24, 2.45) is 5.92 Å². The number of aromatic nitrogens is 3. The summed E-state index contributed by atoms with van der Waals surface area (Å²) in [5.41, 5.74) is 2.04. The highest BCUT2D eigenvalue weighted by atomic mass is 16.6. The molecule has 2 N–H and O–H groups in total. The van der Waals surface area contributed by atoms with E-state index in [1.165, 1.54) is 9.58 Å². The summed E-state index contributed by atoms with van der Waals surface area (Å²) in [6.07, 6.45) is 2.25. The van der Waals surface area contributed by atoms with Gasteiger partial charge in [0.2, 0.25) is 11.8 Å². The SMILES string of the molecule is O=C1CCC(N2Cc3cc(-n4cc(C(=O)N5CC[C@@H]6NC(=O)OC[C@H]6C5)nn4)ccc3C2=O)C(=O)N1. The summed E-state index contributed by atoms with van der Waals surface area (Å²) in [5.74, 6) is -1.28. The highest BCUT2D eigenvalue weighted by molar-refractivity contribution is 6.05. The zero-order valence-corrected chi connectivity index (χ0v) is 19.2. The van der Waals surface area contributed by atoms with Crippen molar-refractivity contribution in [3.63, 3.8) is 0 Å². The maximum Gasteiger partial charge on any atom is 0.407 e. The Kier molecular flexibility index (Phi) is 5.20. The first-order valence-electron chi connectivity index (χ1n) is 11.8. The van der Waals surface area contributed by atoms with Gasteiger partial charge in [-0.1, -0.05) is 5.21 Å². The molecule has 0 aliphatic carbocycles. The number of amides is 5. The molecule has 1 aromatic carbocycles. The van der Waals surface area contributed by atoms with Crippen LogP contribution in [-0.4, -0.2) is 86.3 Å². The third-order valence-corrected chi connectivity index (χ3v) is 7.24. The Hall–Kier alpha value is -4.29. The molecule has 2 aromatic rings. The number of nitrogens with zero attached hydrogens (tertiary/aromatic N) is 5. The minimum atomic E-state index is -0.686. The quantitative estimate of drug-likeness (QED) is 0.547. The largest absolute Gasteiger partial charge is 0.449 e. The summed E-state index contributed by atoms with van der Waals surface area (Å²) in [7, 11) is 0. The van der Waals surface area contributed by atoms with Gasteiger partial charge >= 0.3 is 6.09 Å². The van der Waals surface area contributed by atoms with Gasteiger partial charge in [-0.3, -0.25) is 24.5 Å². The van der Waals surface area contributed by atoms with Gasteiger partial charge < -0.3 is 19.9 Å². The van der Waals surface area contributed by atoms with E-state index in [-0.39, 0.29) is 54.9 Å². The van der Waals surface area contributed by atoms with Crippen molar-refractivity contribution in [3.8, 4) is 5.69 Å². The lowest BCUT2D eigenvalue weighted by Crippen LogP contribution is -2.57. The number of fused-ring (bicyclic) bond motifs is 2.